The van der Waals surface area contributed by atoms with Crippen LogP contribution in [0.1, 0.15) is 37.7 Å². The van der Waals surface area contributed by atoms with Gasteiger partial charge in [-0.3, -0.25) is 9.88 Å². The average Bonchev–Trinajstić information content (AvgIpc) is 3.50. The molecule has 4 aromatic rings. The van der Waals surface area contributed by atoms with E-state index in [1.54, 1.807) is 0 Å². The lowest BCUT2D eigenvalue weighted by Gasteiger charge is -2.35. The number of anilines is 1. The Bertz CT molecular complexity index is 1660. The topological polar surface area (TPSA) is 73.8 Å². The highest BCUT2D eigenvalue weighted by atomic mass is 19.1. The molecule has 2 bridgehead atoms. The number of alkyl halides is 1. The molecule has 4 aliphatic rings. The smallest absolute Gasteiger partial charge is 0.216 e. The Morgan fingerprint density at radius 2 is 1.90 bits per heavy atom. The molecule has 8 rings (SSSR count). The Morgan fingerprint density at radius 3 is 2.67 bits per heavy atom. The van der Waals surface area contributed by atoms with E-state index in [1.807, 2.05) is 30.5 Å². The first-order chi connectivity index (χ1) is 20.4. The maximum Gasteiger partial charge on any atom is 0.216 e. The third-order valence-electron chi connectivity index (χ3n) is 9.90. The van der Waals surface area contributed by atoms with E-state index in [4.69, 9.17) is 14.7 Å². The molecule has 2 N–H and O–H groups in total. The molecule has 218 valence electrons. The molecule has 3 aliphatic heterocycles. The van der Waals surface area contributed by atoms with Crippen LogP contribution in [-0.4, -0.2) is 77.6 Å². The number of likely N-dealkylation sites (tertiary alicyclic amines) is 1. The molecule has 1 aliphatic carbocycles. The van der Waals surface area contributed by atoms with Gasteiger partial charge in [-0.1, -0.05) is 18.2 Å². The second-order valence-electron chi connectivity index (χ2n) is 13.2. The maximum absolute atomic E-state index is 13.8. The molecule has 3 atom stereocenters. The summed E-state index contributed by atoms with van der Waals surface area (Å²) in [4.78, 5) is 14.7. The van der Waals surface area contributed by atoms with Gasteiger partial charge in [-0.2, -0.15) is 0 Å². The van der Waals surface area contributed by atoms with Crippen molar-refractivity contribution in [3.8, 4) is 22.8 Å². The molecule has 0 amide bonds. The molecule has 5 heterocycles. The van der Waals surface area contributed by atoms with Crippen LogP contribution in [0.5, 0.6) is 11.6 Å². The fourth-order valence-electron chi connectivity index (χ4n) is 7.51. The van der Waals surface area contributed by atoms with E-state index in [1.165, 1.54) is 12.8 Å². The number of halogens is 1. The number of phenols is 1. The lowest BCUT2D eigenvalue weighted by atomic mass is 9.95. The molecule has 7 nitrogen and oxygen atoms in total. The van der Waals surface area contributed by atoms with E-state index in [-0.39, 0.29) is 11.2 Å². The van der Waals surface area contributed by atoms with Gasteiger partial charge in [-0.25, -0.2) is 9.37 Å². The standard InChI is InChI=1S/C34H38FN5O2/c1-21-3-2-4-22-11-27(41)13-28(32(21)22)23-12-29-33(36-15-23)30(40-17-25-5-6-26(18-40)37-25)14-31(38-29)42-20-34(8-9-34)19-39-10-7-24(35)16-39/h2-4,11-15,24-26,37,41H,5-10,16-20H2,1H3/t24-,25?,26?/m1/s1. The van der Waals surface area contributed by atoms with Gasteiger partial charge in [0.15, 0.2) is 0 Å². The molecular weight excluding hydrogens is 529 g/mol. The number of pyridine rings is 2. The normalized spacial score (nSPS) is 25.0. The highest BCUT2D eigenvalue weighted by Crippen LogP contribution is 2.47. The number of fused-ring (bicyclic) bond motifs is 4. The molecule has 3 saturated heterocycles. The van der Waals surface area contributed by atoms with Crippen molar-refractivity contribution in [2.24, 2.45) is 5.41 Å². The molecule has 42 heavy (non-hydrogen) atoms. The lowest BCUT2D eigenvalue weighted by Crippen LogP contribution is -2.51. The summed E-state index contributed by atoms with van der Waals surface area (Å²) in [5, 5.41) is 16.4. The molecule has 0 spiro atoms. The highest BCUT2D eigenvalue weighted by Gasteiger charge is 2.46. The van der Waals surface area contributed by atoms with Gasteiger partial charge in [0.1, 0.15) is 17.4 Å². The first-order valence-electron chi connectivity index (χ1n) is 15.5. The van der Waals surface area contributed by atoms with Gasteiger partial charge in [-0.15, -0.1) is 0 Å². The summed E-state index contributed by atoms with van der Waals surface area (Å²) in [6, 6.07) is 14.9. The number of nitrogens with one attached hydrogen (secondary N) is 1. The summed E-state index contributed by atoms with van der Waals surface area (Å²) in [5.74, 6) is 0.854. The Morgan fingerprint density at radius 1 is 1.07 bits per heavy atom. The highest BCUT2D eigenvalue weighted by molar-refractivity contribution is 6.01. The van der Waals surface area contributed by atoms with E-state index in [2.05, 4.69) is 40.2 Å². The number of aryl methyl sites for hydroxylation is 1. The van der Waals surface area contributed by atoms with E-state index in [9.17, 15) is 9.50 Å². The van der Waals surface area contributed by atoms with E-state index >= 15 is 0 Å². The van der Waals surface area contributed by atoms with Crippen molar-refractivity contribution in [2.45, 2.75) is 57.3 Å². The van der Waals surface area contributed by atoms with Crippen molar-refractivity contribution in [3.05, 3.63) is 54.2 Å². The summed E-state index contributed by atoms with van der Waals surface area (Å²) in [5.41, 5.74) is 5.84. The van der Waals surface area contributed by atoms with Crippen LogP contribution in [0.3, 0.4) is 0 Å². The van der Waals surface area contributed by atoms with Crippen LogP contribution in [0, 0.1) is 12.3 Å². The Labute approximate surface area is 245 Å². The van der Waals surface area contributed by atoms with Crippen molar-refractivity contribution < 1.29 is 14.2 Å². The van der Waals surface area contributed by atoms with Gasteiger partial charge in [0.25, 0.3) is 0 Å². The molecule has 8 heteroatoms. The number of piperazine rings is 1. The lowest BCUT2D eigenvalue weighted by molar-refractivity contribution is 0.169. The predicted molar refractivity (Wildman–Crippen MR) is 164 cm³/mol. The summed E-state index contributed by atoms with van der Waals surface area (Å²) in [6.07, 6.45) is 6.48. The summed E-state index contributed by atoms with van der Waals surface area (Å²) < 4.78 is 20.3. The van der Waals surface area contributed by atoms with Crippen molar-refractivity contribution in [1.82, 2.24) is 20.2 Å². The monoisotopic (exact) mass is 567 g/mol. The molecule has 2 unspecified atom stereocenters. The summed E-state index contributed by atoms with van der Waals surface area (Å²) in [6.45, 7) is 6.85. The zero-order chi connectivity index (χ0) is 28.4. The molecule has 2 aromatic heterocycles. The van der Waals surface area contributed by atoms with E-state index < -0.39 is 6.17 Å². The maximum atomic E-state index is 13.8. The first kappa shape index (κ1) is 26.2. The van der Waals surface area contributed by atoms with Crippen LogP contribution in [0.4, 0.5) is 10.1 Å². The van der Waals surface area contributed by atoms with Crippen molar-refractivity contribution in [2.75, 3.05) is 44.2 Å². The predicted octanol–water partition coefficient (Wildman–Crippen LogP) is 5.61. The van der Waals surface area contributed by atoms with Crippen LogP contribution in [0.15, 0.2) is 48.7 Å². The number of aromatic hydroxyl groups is 1. The number of hydrogen-bond donors (Lipinski definition) is 2. The van der Waals surface area contributed by atoms with E-state index in [0.29, 0.717) is 37.5 Å². The van der Waals surface area contributed by atoms with Crippen LogP contribution in [0.2, 0.25) is 0 Å². The summed E-state index contributed by atoms with van der Waals surface area (Å²) in [7, 11) is 0. The number of phenolic OH excluding ortho intramolecular Hbond substituents is 1. The minimum absolute atomic E-state index is 0.0904. The SMILES string of the molecule is Cc1cccc2cc(O)cc(-c3cnc4c(N5CC6CCC(C5)N6)cc(OCC5(CN6CC[C@@H](F)C6)CC5)nc4c3)c12. The number of aromatic nitrogens is 2. The van der Waals surface area contributed by atoms with Crippen LogP contribution in [0.25, 0.3) is 32.9 Å². The second kappa shape index (κ2) is 10.1. The number of nitrogens with zero attached hydrogens (tertiary/aromatic N) is 4. The molecule has 1 saturated carbocycles. The molecule has 4 fully saturated rings. The first-order valence-corrected chi connectivity index (χ1v) is 15.5. The largest absolute Gasteiger partial charge is 0.508 e. The zero-order valence-corrected chi connectivity index (χ0v) is 24.2. The second-order valence-corrected chi connectivity index (χ2v) is 13.2. The van der Waals surface area contributed by atoms with Gasteiger partial charge < -0.3 is 20.1 Å². The number of hydrogen-bond acceptors (Lipinski definition) is 7. The van der Waals surface area contributed by atoms with Crippen LogP contribution < -0.4 is 15.0 Å². The van der Waals surface area contributed by atoms with Gasteiger partial charge in [-0.05, 0) is 79.1 Å². The molecular formula is C34H38FN5O2. The van der Waals surface area contributed by atoms with Gasteiger partial charge in [0.05, 0.1) is 17.8 Å². The number of benzene rings is 2. The van der Waals surface area contributed by atoms with Crippen LogP contribution >= 0.6 is 0 Å². The fourth-order valence-corrected chi connectivity index (χ4v) is 7.51. The Hall–Kier alpha value is -3.49. The Balaban J connectivity index is 1.17. The van der Waals surface area contributed by atoms with Gasteiger partial charge >= 0.3 is 0 Å². The Kier molecular flexibility index (Phi) is 6.26. The minimum atomic E-state index is -0.699. The molecule has 0 radical (unpaired) electrons. The third kappa shape index (κ3) is 4.84. The van der Waals surface area contributed by atoms with Crippen molar-refractivity contribution in [1.29, 1.82) is 0 Å². The average molecular weight is 568 g/mol. The van der Waals surface area contributed by atoms with Gasteiger partial charge in [0.2, 0.25) is 5.88 Å². The zero-order valence-electron chi connectivity index (χ0n) is 24.2. The van der Waals surface area contributed by atoms with Crippen LogP contribution in [-0.2, 0) is 0 Å². The van der Waals surface area contributed by atoms with E-state index in [0.717, 1.165) is 83.2 Å². The quantitative estimate of drug-likeness (QED) is 0.301. The summed E-state index contributed by atoms with van der Waals surface area (Å²) >= 11 is 0. The number of ether oxygens (including phenoxy) is 1. The van der Waals surface area contributed by atoms with Crippen molar-refractivity contribution in [3.63, 3.8) is 0 Å². The molecule has 2 aromatic carbocycles. The van der Waals surface area contributed by atoms with Gasteiger partial charge in [0, 0.05) is 68.0 Å². The fraction of sp³-hybridized carbons (Fsp3) is 0.471. The van der Waals surface area contributed by atoms with Crippen molar-refractivity contribution >= 4 is 27.5 Å². The third-order valence-corrected chi connectivity index (χ3v) is 9.90. The number of rotatable bonds is 7. The minimum Gasteiger partial charge on any atom is -0.508 e.